The summed E-state index contributed by atoms with van der Waals surface area (Å²) in [6.07, 6.45) is 0.245. The fraction of sp³-hybridized carbons (Fsp3) is 0.500. The van der Waals surface area contributed by atoms with Crippen LogP contribution >= 0.6 is 0 Å². The van der Waals surface area contributed by atoms with E-state index in [1.165, 1.54) is 0 Å². The number of aliphatic hydroxyl groups excluding tert-OH is 1. The molecule has 1 saturated heterocycles. The van der Waals surface area contributed by atoms with Gasteiger partial charge < -0.3 is 9.84 Å². The van der Waals surface area contributed by atoms with E-state index < -0.39 is 9.84 Å². The fourth-order valence-electron chi connectivity index (χ4n) is 1.98. The molecule has 2 rings (SSSR count). The summed E-state index contributed by atoms with van der Waals surface area (Å²) >= 11 is 0. The lowest BCUT2D eigenvalue weighted by atomic mass is 10.1. The third-order valence-corrected chi connectivity index (χ3v) is 4.61. The molecular weight excluding hydrogens is 240 g/mol. The molecule has 0 aliphatic carbocycles. The maximum Gasteiger partial charge on any atom is 0.154 e. The second-order valence-corrected chi connectivity index (χ2v) is 6.64. The van der Waals surface area contributed by atoms with Gasteiger partial charge in [0.05, 0.1) is 18.1 Å². The minimum Gasteiger partial charge on any atom is -0.489 e. The van der Waals surface area contributed by atoms with E-state index in [1.54, 1.807) is 6.07 Å². The van der Waals surface area contributed by atoms with E-state index in [-0.39, 0.29) is 24.2 Å². The Labute approximate surface area is 101 Å². The van der Waals surface area contributed by atoms with Gasteiger partial charge in [-0.15, -0.1) is 0 Å². The van der Waals surface area contributed by atoms with Gasteiger partial charge in [-0.3, -0.25) is 0 Å². The molecular formula is C12H16O4S. The highest BCUT2D eigenvalue weighted by atomic mass is 32.2. The minimum atomic E-state index is -2.93. The topological polar surface area (TPSA) is 63.6 Å². The molecule has 0 radical (unpaired) electrons. The Kier molecular flexibility index (Phi) is 3.40. The van der Waals surface area contributed by atoms with Crippen LogP contribution in [0.15, 0.2) is 18.2 Å². The second kappa shape index (κ2) is 4.66. The summed E-state index contributed by atoms with van der Waals surface area (Å²) in [5, 5.41) is 9.22. The predicted molar refractivity (Wildman–Crippen MR) is 64.8 cm³/mol. The number of aliphatic hydroxyl groups is 1. The van der Waals surface area contributed by atoms with E-state index in [9.17, 15) is 13.5 Å². The summed E-state index contributed by atoms with van der Waals surface area (Å²) in [6, 6.07) is 5.52. The second-order valence-electron chi connectivity index (χ2n) is 4.41. The van der Waals surface area contributed by atoms with E-state index in [1.807, 2.05) is 19.1 Å². The van der Waals surface area contributed by atoms with Gasteiger partial charge in [-0.25, -0.2) is 8.42 Å². The van der Waals surface area contributed by atoms with Crippen LogP contribution < -0.4 is 4.74 Å². The van der Waals surface area contributed by atoms with Gasteiger partial charge in [0.25, 0.3) is 0 Å². The zero-order valence-corrected chi connectivity index (χ0v) is 10.5. The number of aryl methyl sites for hydroxylation is 1. The maximum absolute atomic E-state index is 11.3. The van der Waals surface area contributed by atoms with Gasteiger partial charge in [0.15, 0.2) is 9.84 Å². The van der Waals surface area contributed by atoms with E-state index in [4.69, 9.17) is 4.74 Å². The van der Waals surface area contributed by atoms with Crippen molar-refractivity contribution in [2.24, 2.45) is 0 Å². The van der Waals surface area contributed by atoms with Crippen LogP contribution in [-0.2, 0) is 16.4 Å². The summed E-state index contributed by atoms with van der Waals surface area (Å²) in [4.78, 5) is 0. The smallest absolute Gasteiger partial charge is 0.154 e. The summed E-state index contributed by atoms with van der Waals surface area (Å²) in [7, 11) is -2.93. The van der Waals surface area contributed by atoms with Crippen molar-refractivity contribution in [3.8, 4) is 5.75 Å². The number of sulfone groups is 1. The molecule has 1 aromatic carbocycles. The fourth-order valence-corrected chi connectivity index (χ4v) is 3.57. The zero-order chi connectivity index (χ0) is 12.5. The molecule has 1 aliphatic rings. The first kappa shape index (κ1) is 12.4. The van der Waals surface area contributed by atoms with Crippen molar-refractivity contribution < 1.29 is 18.3 Å². The van der Waals surface area contributed by atoms with Gasteiger partial charge in [0.2, 0.25) is 0 Å². The standard InChI is InChI=1S/C12H16O4S/c1-9-2-3-12(10(6-9)7-13)16-11-4-5-17(14,15)8-11/h2-3,6,11,13H,4-5,7-8H2,1H3. The largest absolute Gasteiger partial charge is 0.489 e. The van der Waals surface area contributed by atoms with Crippen molar-refractivity contribution in [1.82, 2.24) is 0 Å². The number of hydrogen-bond donors (Lipinski definition) is 1. The molecule has 17 heavy (non-hydrogen) atoms. The molecule has 1 unspecified atom stereocenters. The minimum absolute atomic E-state index is 0.0751. The molecule has 1 aromatic rings. The third kappa shape index (κ3) is 2.98. The van der Waals surface area contributed by atoms with E-state index in [0.29, 0.717) is 17.7 Å². The van der Waals surface area contributed by atoms with Crippen molar-refractivity contribution in [2.75, 3.05) is 11.5 Å². The monoisotopic (exact) mass is 256 g/mol. The molecule has 94 valence electrons. The van der Waals surface area contributed by atoms with E-state index in [0.717, 1.165) is 5.56 Å². The van der Waals surface area contributed by atoms with Gasteiger partial charge >= 0.3 is 0 Å². The summed E-state index contributed by atoms with van der Waals surface area (Å²) in [5.41, 5.74) is 1.75. The van der Waals surface area contributed by atoms with Gasteiger partial charge in [-0.1, -0.05) is 17.7 Å². The Morgan fingerprint density at radius 1 is 1.47 bits per heavy atom. The molecule has 5 heteroatoms. The lowest BCUT2D eigenvalue weighted by molar-refractivity contribution is 0.215. The molecule has 0 saturated carbocycles. The molecule has 0 amide bonds. The van der Waals surface area contributed by atoms with E-state index >= 15 is 0 Å². The molecule has 1 N–H and O–H groups in total. The molecule has 1 heterocycles. The first-order chi connectivity index (χ1) is 8.00. The van der Waals surface area contributed by atoms with Crippen LogP contribution in [0.25, 0.3) is 0 Å². The highest BCUT2D eigenvalue weighted by molar-refractivity contribution is 7.91. The summed E-state index contributed by atoms with van der Waals surface area (Å²) < 4.78 is 28.3. The molecule has 0 spiro atoms. The van der Waals surface area contributed by atoms with Crippen LogP contribution in [0.2, 0.25) is 0 Å². The van der Waals surface area contributed by atoms with Gasteiger partial charge in [0, 0.05) is 5.56 Å². The van der Waals surface area contributed by atoms with Crippen LogP contribution in [0, 0.1) is 6.92 Å². The normalized spacial score (nSPS) is 22.6. The Bertz CT molecular complexity index is 507. The summed E-state index contributed by atoms with van der Waals surface area (Å²) in [6.45, 7) is 1.83. The SMILES string of the molecule is Cc1ccc(OC2CCS(=O)(=O)C2)c(CO)c1. The number of ether oxygens (including phenoxy) is 1. The van der Waals surface area contributed by atoms with Crippen molar-refractivity contribution >= 4 is 9.84 Å². The van der Waals surface area contributed by atoms with Crippen molar-refractivity contribution in [1.29, 1.82) is 0 Å². The van der Waals surface area contributed by atoms with Crippen LogP contribution in [-0.4, -0.2) is 31.1 Å². The number of rotatable bonds is 3. The zero-order valence-electron chi connectivity index (χ0n) is 9.72. The van der Waals surface area contributed by atoms with Crippen molar-refractivity contribution in [3.05, 3.63) is 29.3 Å². The first-order valence-electron chi connectivity index (χ1n) is 5.57. The lowest BCUT2D eigenvalue weighted by Crippen LogP contribution is -2.18. The van der Waals surface area contributed by atoms with Gasteiger partial charge in [-0.05, 0) is 19.4 Å². The van der Waals surface area contributed by atoms with Crippen LogP contribution in [0.3, 0.4) is 0 Å². The van der Waals surface area contributed by atoms with Crippen molar-refractivity contribution in [3.63, 3.8) is 0 Å². The molecule has 0 aromatic heterocycles. The Morgan fingerprint density at radius 3 is 2.82 bits per heavy atom. The maximum atomic E-state index is 11.3. The molecule has 1 atom stereocenters. The highest BCUT2D eigenvalue weighted by Crippen LogP contribution is 2.24. The Balaban J connectivity index is 2.14. The van der Waals surface area contributed by atoms with Gasteiger partial charge in [-0.2, -0.15) is 0 Å². The van der Waals surface area contributed by atoms with Gasteiger partial charge in [0.1, 0.15) is 11.9 Å². The van der Waals surface area contributed by atoms with Crippen molar-refractivity contribution in [2.45, 2.75) is 26.1 Å². The molecule has 0 bridgehead atoms. The number of hydrogen-bond acceptors (Lipinski definition) is 4. The number of benzene rings is 1. The van der Waals surface area contributed by atoms with Crippen LogP contribution in [0.5, 0.6) is 5.75 Å². The average Bonchev–Trinajstić information content (AvgIpc) is 2.61. The quantitative estimate of drug-likeness (QED) is 0.878. The van der Waals surface area contributed by atoms with Crippen LogP contribution in [0.4, 0.5) is 0 Å². The summed E-state index contributed by atoms with van der Waals surface area (Å²) in [5.74, 6) is 0.851. The van der Waals surface area contributed by atoms with Crippen LogP contribution in [0.1, 0.15) is 17.5 Å². The Hall–Kier alpha value is -1.07. The Morgan fingerprint density at radius 2 is 2.24 bits per heavy atom. The molecule has 4 nitrogen and oxygen atoms in total. The lowest BCUT2D eigenvalue weighted by Gasteiger charge is -2.15. The molecule has 1 fully saturated rings. The third-order valence-electron chi connectivity index (χ3n) is 2.87. The molecule has 1 aliphatic heterocycles. The first-order valence-corrected chi connectivity index (χ1v) is 7.40. The van der Waals surface area contributed by atoms with E-state index in [2.05, 4.69) is 0 Å². The average molecular weight is 256 g/mol. The predicted octanol–water partition coefficient (Wildman–Crippen LogP) is 1.05. The highest BCUT2D eigenvalue weighted by Gasteiger charge is 2.29.